The van der Waals surface area contributed by atoms with Crippen LogP contribution >= 0.6 is 22.9 Å². The molecule has 2 aromatic carbocycles. The molecule has 0 radical (unpaired) electrons. The van der Waals surface area contributed by atoms with Crippen LogP contribution in [0.5, 0.6) is 0 Å². The van der Waals surface area contributed by atoms with Gasteiger partial charge in [0.25, 0.3) is 0 Å². The summed E-state index contributed by atoms with van der Waals surface area (Å²) in [4.78, 5) is 15.7. The second-order valence-electron chi connectivity index (χ2n) is 9.36. The first-order chi connectivity index (χ1) is 17.5. The topological polar surface area (TPSA) is 80.0 Å². The fraction of sp³-hybridized carbons (Fsp3) is 0.300. The summed E-state index contributed by atoms with van der Waals surface area (Å²) in [6, 6.07) is 15.2. The van der Waals surface area contributed by atoms with Gasteiger partial charge in [-0.05, 0) is 75.1 Å². The van der Waals surface area contributed by atoms with Crippen LogP contribution in [0.4, 0.5) is 10.7 Å². The summed E-state index contributed by atoms with van der Waals surface area (Å²) >= 11 is 7.65. The van der Waals surface area contributed by atoms with E-state index in [2.05, 4.69) is 11.9 Å². The van der Waals surface area contributed by atoms with Gasteiger partial charge in [-0.3, -0.25) is 20.5 Å². The van der Waals surface area contributed by atoms with Gasteiger partial charge in [0.05, 0.1) is 0 Å². The number of thiophene rings is 1. The zero-order chi connectivity index (χ0) is 27.3. The van der Waals surface area contributed by atoms with Crippen molar-refractivity contribution in [1.82, 2.24) is 0 Å². The lowest BCUT2D eigenvalue weighted by molar-refractivity contribution is -0.116. The molecule has 1 aromatic heterocycles. The average molecular weight is 535 g/mol. The maximum Gasteiger partial charge on any atom is 0.225 e. The van der Waals surface area contributed by atoms with E-state index in [1.807, 2.05) is 76.2 Å². The molecule has 1 atom stereocenters. The average Bonchev–Trinajstić information content (AvgIpc) is 3.13. The highest BCUT2D eigenvalue weighted by Gasteiger charge is 2.30. The lowest BCUT2D eigenvalue weighted by atomic mass is 9.95. The molecule has 5 nitrogen and oxygen atoms in total. The van der Waals surface area contributed by atoms with E-state index in [4.69, 9.17) is 17.0 Å². The Morgan fingerprint density at radius 3 is 2.27 bits per heavy atom. The molecule has 0 aliphatic rings. The molecule has 0 aliphatic carbocycles. The molecule has 0 unspecified atom stereocenters. The summed E-state index contributed by atoms with van der Waals surface area (Å²) < 4.78 is 0. The van der Waals surface area contributed by atoms with Crippen LogP contribution in [-0.4, -0.2) is 17.6 Å². The number of nitrogens with one attached hydrogen (secondary N) is 3. The lowest BCUT2D eigenvalue weighted by Gasteiger charge is -2.29. The minimum Gasteiger partial charge on any atom is -0.326 e. The van der Waals surface area contributed by atoms with Crippen LogP contribution in [-0.2, 0) is 4.79 Å². The first-order valence-corrected chi connectivity index (χ1v) is 13.6. The number of amidine groups is 2. The first kappa shape index (κ1) is 28.4. The standard InChI is InChI=1S/C30H35ClN4OS/c1-7-8-24(17-27(36)34-26-15-9-18(2)10-16-26)29(33)35(22(6)32)30-28(19(3)21(5)37-30)20(4)23-11-13-25(31)14-12-23/h9-16,24,32-33H,4,7-8,17H2,1-3,5-6H3,(H,34,36)/t24-/m0/s1. The minimum absolute atomic E-state index is 0.140. The molecule has 3 N–H and O–H groups in total. The predicted octanol–water partition coefficient (Wildman–Crippen LogP) is 8.61. The lowest BCUT2D eigenvalue weighted by Crippen LogP contribution is -2.40. The van der Waals surface area contributed by atoms with Gasteiger partial charge in [-0.1, -0.05) is 61.4 Å². The number of carbonyl (C=O) groups excluding carboxylic acids is 1. The third-order valence-corrected chi connectivity index (χ3v) is 7.88. The summed E-state index contributed by atoms with van der Waals surface area (Å²) in [6.45, 7) is 14.2. The van der Waals surface area contributed by atoms with E-state index in [-0.39, 0.29) is 29.9 Å². The highest BCUT2D eigenvalue weighted by atomic mass is 35.5. The summed E-state index contributed by atoms with van der Waals surface area (Å²) in [5.74, 6) is 0.00495. The third kappa shape index (κ3) is 6.76. The number of anilines is 2. The van der Waals surface area contributed by atoms with Crippen LogP contribution in [0.2, 0.25) is 5.02 Å². The molecule has 37 heavy (non-hydrogen) atoms. The molecule has 194 valence electrons. The Morgan fingerprint density at radius 2 is 1.70 bits per heavy atom. The fourth-order valence-corrected chi connectivity index (χ4v) is 5.67. The molecule has 3 rings (SSSR count). The van der Waals surface area contributed by atoms with Gasteiger partial charge in [-0.25, -0.2) is 0 Å². The van der Waals surface area contributed by atoms with Crippen molar-refractivity contribution in [3.05, 3.63) is 87.3 Å². The van der Waals surface area contributed by atoms with Gasteiger partial charge in [-0.2, -0.15) is 0 Å². The van der Waals surface area contributed by atoms with Crippen molar-refractivity contribution >= 4 is 56.8 Å². The van der Waals surface area contributed by atoms with Crippen LogP contribution in [0.25, 0.3) is 5.57 Å². The number of aryl methyl sites for hydroxylation is 2. The maximum absolute atomic E-state index is 13.0. The Kier molecular flexibility index (Phi) is 9.46. The van der Waals surface area contributed by atoms with E-state index < -0.39 is 0 Å². The summed E-state index contributed by atoms with van der Waals surface area (Å²) in [5.41, 5.74) is 5.60. The molecule has 0 saturated heterocycles. The molecule has 7 heteroatoms. The second-order valence-corrected chi connectivity index (χ2v) is 11.0. The summed E-state index contributed by atoms with van der Waals surface area (Å²) in [6.07, 6.45) is 1.66. The molecule has 3 aromatic rings. The van der Waals surface area contributed by atoms with Gasteiger partial charge in [0.1, 0.15) is 16.7 Å². The van der Waals surface area contributed by atoms with E-state index in [0.29, 0.717) is 11.4 Å². The minimum atomic E-state index is -0.338. The Bertz CT molecular complexity index is 1310. The molecule has 1 amide bonds. The van der Waals surface area contributed by atoms with Gasteiger partial charge in [0.2, 0.25) is 5.91 Å². The maximum atomic E-state index is 13.0. The molecular weight excluding hydrogens is 500 g/mol. The van der Waals surface area contributed by atoms with Gasteiger partial charge in [-0.15, -0.1) is 11.3 Å². The smallest absolute Gasteiger partial charge is 0.225 e. The number of hydrogen-bond donors (Lipinski definition) is 3. The third-order valence-electron chi connectivity index (χ3n) is 6.43. The van der Waals surface area contributed by atoms with E-state index in [0.717, 1.165) is 49.8 Å². The number of rotatable bonds is 9. The van der Waals surface area contributed by atoms with Gasteiger partial charge >= 0.3 is 0 Å². The molecule has 0 saturated carbocycles. The van der Waals surface area contributed by atoms with Crippen molar-refractivity contribution in [1.29, 1.82) is 10.8 Å². The van der Waals surface area contributed by atoms with Crippen molar-refractivity contribution < 1.29 is 4.79 Å². The molecule has 1 heterocycles. The predicted molar refractivity (Wildman–Crippen MR) is 160 cm³/mol. The SMILES string of the molecule is C=C(c1ccc(Cl)cc1)c1c(N(C(C)=N)C(=N)[C@@H](CCC)CC(=O)Nc2ccc(C)cc2)sc(C)c1C. The number of carbonyl (C=O) groups is 1. The quantitative estimate of drug-likeness (QED) is 0.190. The Labute approximate surface area is 229 Å². The van der Waals surface area contributed by atoms with Crippen molar-refractivity contribution in [2.45, 2.75) is 53.9 Å². The van der Waals surface area contributed by atoms with Crippen molar-refractivity contribution in [3.63, 3.8) is 0 Å². The van der Waals surface area contributed by atoms with Gasteiger partial charge in [0, 0.05) is 33.5 Å². The Morgan fingerprint density at radius 1 is 1.08 bits per heavy atom. The largest absolute Gasteiger partial charge is 0.326 e. The zero-order valence-electron chi connectivity index (χ0n) is 22.2. The van der Waals surface area contributed by atoms with E-state index >= 15 is 0 Å². The zero-order valence-corrected chi connectivity index (χ0v) is 23.7. The van der Waals surface area contributed by atoms with Crippen LogP contribution < -0.4 is 10.2 Å². The van der Waals surface area contributed by atoms with Gasteiger partial charge < -0.3 is 5.32 Å². The highest BCUT2D eigenvalue weighted by Crippen LogP contribution is 2.42. The van der Waals surface area contributed by atoms with E-state index in [1.54, 1.807) is 23.2 Å². The molecular formula is C30H35ClN4OS. The van der Waals surface area contributed by atoms with Crippen molar-refractivity contribution in [3.8, 4) is 0 Å². The molecule has 0 aliphatic heterocycles. The van der Waals surface area contributed by atoms with Crippen LogP contribution in [0.1, 0.15) is 60.2 Å². The molecule has 0 bridgehead atoms. The van der Waals surface area contributed by atoms with Crippen LogP contribution in [0.15, 0.2) is 55.1 Å². The number of amides is 1. The fourth-order valence-electron chi connectivity index (χ4n) is 4.30. The van der Waals surface area contributed by atoms with Crippen LogP contribution in [0, 0.1) is 37.5 Å². The second kappa shape index (κ2) is 12.3. The van der Waals surface area contributed by atoms with Gasteiger partial charge in [0.15, 0.2) is 0 Å². The molecule has 0 spiro atoms. The monoisotopic (exact) mass is 534 g/mol. The summed E-state index contributed by atoms with van der Waals surface area (Å²) in [7, 11) is 0. The highest BCUT2D eigenvalue weighted by molar-refractivity contribution is 7.17. The first-order valence-electron chi connectivity index (χ1n) is 12.4. The normalized spacial score (nSPS) is 11.6. The molecule has 0 fully saturated rings. The van der Waals surface area contributed by atoms with Crippen LogP contribution in [0.3, 0.4) is 0 Å². The Balaban J connectivity index is 1.94. The van der Waals surface area contributed by atoms with E-state index in [1.165, 1.54) is 0 Å². The van der Waals surface area contributed by atoms with Crippen molar-refractivity contribution in [2.75, 3.05) is 10.2 Å². The summed E-state index contributed by atoms with van der Waals surface area (Å²) in [5, 5.41) is 22.2. The van der Waals surface area contributed by atoms with Crippen molar-refractivity contribution in [2.24, 2.45) is 5.92 Å². The number of halogens is 1. The number of nitrogens with zero attached hydrogens (tertiary/aromatic N) is 1. The number of benzene rings is 2. The van der Waals surface area contributed by atoms with E-state index in [9.17, 15) is 10.2 Å². The Hall–Kier alpha value is -3.22. The number of hydrogen-bond acceptors (Lipinski definition) is 4.